The second-order valence-corrected chi connectivity index (χ2v) is 5.46. The van der Waals surface area contributed by atoms with Gasteiger partial charge >= 0.3 is 0 Å². The molecule has 0 aliphatic carbocycles. The Hall–Kier alpha value is -2.48. The third-order valence-corrected chi connectivity index (χ3v) is 3.73. The first kappa shape index (κ1) is 16.4. The number of morpholine rings is 1. The largest absolute Gasteiger partial charge is 0.378 e. The molecular formula is C16H20FN5O2. The summed E-state index contributed by atoms with van der Waals surface area (Å²) >= 11 is 0. The second-order valence-electron chi connectivity index (χ2n) is 5.46. The number of guanidine groups is 1. The molecule has 2 aromatic rings. The molecule has 1 fully saturated rings. The minimum absolute atomic E-state index is 0.293. The SMILES string of the molecule is NC(=NCCCc1nc(-c2ccc(F)cc2)no1)N1CCOCC1. The van der Waals surface area contributed by atoms with Crippen molar-refractivity contribution in [3.8, 4) is 11.4 Å². The van der Waals surface area contributed by atoms with Crippen LogP contribution in [0.4, 0.5) is 4.39 Å². The van der Waals surface area contributed by atoms with Crippen LogP contribution in [0.3, 0.4) is 0 Å². The molecule has 8 heteroatoms. The van der Waals surface area contributed by atoms with Crippen LogP contribution in [0, 0.1) is 5.82 Å². The number of rotatable bonds is 5. The molecule has 0 spiro atoms. The molecule has 3 rings (SSSR count). The first-order chi connectivity index (χ1) is 11.7. The van der Waals surface area contributed by atoms with Crippen molar-refractivity contribution in [3.63, 3.8) is 0 Å². The van der Waals surface area contributed by atoms with E-state index in [9.17, 15) is 4.39 Å². The van der Waals surface area contributed by atoms with Gasteiger partial charge in [0.1, 0.15) is 5.82 Å². The van der Waals surface area contributed by atoms with E-state index in [0.717, 1.165) is 25.1 Å². The van der Waals surface area contributed by atoms with Gasteiger partial charge < -0.3 is 19.9 Å². The Morgan fingerprint density at radius 1 is 1.25 bits per heavy atom. The Balaban J connectivity index is 1.48. The third-order valence-electron chi connectivity index (χ3n) is 3.73. The van der Waals surface area contributed by atoms with Crippen LogP contribution in [0.2, 0.25) is 0 Å². The van der Waals surface area contributed by atoms with E-state index in [1.54, 1.807) is 12.1 Å². The molecule has 2 heterocycles. The van der Waals surface area contributed by atoms with Crippen molar-refractivity contribution in [2.75, 3.05) is 32.8 Å². The van der Waals surface area contributed by atoms with Gasteiger partial charge in [0.15, 0.2) is 5.96 Å². The van der Waals surface area contributed by atoms with Gasteiger partial charge in [-0.25, -0.2) is 4.39 Å². The van der Waals surface area contributed by atoms with E-state index < -0.39 is 0 Å². The quantitative estimate of drug-likeness (QED) is 0.506. The van der Waals surface area contributed by atoms with Crippen molar-refractivity contribution in [2.24, 2.45) is 10.7 Å². The van der Waals surface area contributed by atoms with Gasteiger partial charge in [0.2, 0.25) is 11.7 Å². The minimum Gasteiger partial charge on any atom is -0.378 e. The molecular weight excluding hydrogens is 313 g/mol. The summed E-state index contributed by atoms with van der Waals surface area (Å²) in [6.07, 6.45) is 1.38. The molecule has 0 radical (unpaired) electrons. The first-order valence-electron chi connectivity index (χ1n) is 7.93. The number of aromatic nitrogens is 2. The van der Waals surface area contributed by atoms with Gasteiger partial charge in [0.05, 0.1) is 13.2 Å². The average Bonchev–Trinajstić information content (AvgIpc) is 3.09. The van der Waals surface area contributed by atoms with Gasteiger partial charge in [-0.15, -0.1) is 0 Å². The number of aryl methyl sites for hydroxylation is 1. The molecule has 1 saturated heterocycles. The standard InChI is InChI=1S/C16H20FN5O2/c17-13-5-3-12(4-6-13)15-20-14(24-21-15)2-1-7-19-16(18)22-8-10-23-11-9-22/h3-6H,1-2,7-11H2,(H2,18,19). The molecule has 1 aromatic heterocycles. The van der Waals surface area contributed by atoms with Crippen LogP contribution in [0.25, 0.3) is 11.4 Å². The van der Waals surface area contributed by atoms with Crippen molar-refractivity contribution in [3.05, 3.63) is 36.0 Å². The Labute approximate surface area is 139 Å². The normalized spacial score (nSPS) is 15.7. The first-order valence-corrected chi connectivity index (χ1v) is 7.93. The van der Waals surface area contributed by atoms with E-state index in [-0.39, 0.29) is 5.82 Å². The molecule has 0 unspecified atom stereocenters. The zero-order valence-corrected chi connectivity index (χ0v) is 13.3. The van der Waals surface area contributed by atoms with E-state index in [1.165, 1.54) is 12.1 Å². The second kappa shape index (κ2) is 7.87. The molecule has 0 atom stereocenters. The Morgan fingerprint density at radius 3 is 2.75 bits per heavy atom. The molecule has 1 aliphatic heterocycles. The summed E-state index contributed by atoms with van der Waals surface area (Å²) in [5.41, 5.74) is 6.68. The molecule has 0 bridgehead atoms. The lowest BCUT2D eigenvalue weighted by Crippen LogP contribution is -2.44. The van der Waals surface area contributed by atoms with Crippen LogP contribution in [0.1, 0.15) is 12.3 Å². The Bertz CT molecular complexity index is 680. The number of hydrogen-bond donors (Lipinski definition) is 1. The van der Waals surface area contributed by atoms with Crippen LogP contribution in [0.15, 0.2) is 33.8 Å². The monoisotopic (exact) mass is 333 g/mol. The molecule has 7 nitrogen and oxygen atoms in total. The van der Waals surface area contributed by atoms with Gasteiger partial charge in [-0.1, -0.05) is 5.16 Å². The summed E-state index contributed by atoms with van der Waals surface area (Å²) in [6.45, 7) is 3.52. The van der Waals surface area contributed by atoms with Crippen molar-refractivity contribution in [1.82, 2.24) is 15.0 Å². The van der Waals surface area contributed by atoms with E-state index in [0.29, 0.717) is 43.9 Å². The van der Waals surface area contributed by atoms with Crippen LogP contribution < -0.4 is 5.73 Å². The predicted octanol–water partition coefficient (Wildman–Crippen LogP) is 1.46. The van der Waals surface area contributed by atoms with Gasteiger partial charge in [-0.2, -0.15) is 4.98 Å². The number of benzene rings is 1. The highest BCUT2D eigenvalue weighted by Gasteiger charge is 2.12. The summed E-state index contributed by atoms with van der Waals surface area (Å²) in [6, 6.07) is 5.98. The lowest BCUT2D eigenvalue weighted by molar-refractivity contribution is 0.0674. The number of halogens is 1. The topological polar surface area (TPSA) is 89.8 Å². The van der Waals surface area contributed by atoms with Crippen molar-refractivity contribution in [2.45, 2.75) is 12.8 Å². The minimum atomic E-state index is -0.293. The maximum absolute atomic E-state index is 12.9. The maximum atomic E-state index is 12.9. The Kier molecular flexibility index (Phi) is 5.37. The third kappa shape index (κ3) is 4.29. The highest BCUT2D eigenvalue weighted by Crippen LogP contribution is 2.16. The molecule has 1 aromatic carbocycles. The fourth-order valence-corrected chi connectivity index (χ4v) is 2.39. The van der Waals surface area contributed by atoms with Gasteiger partial charge in [-0.05, 0) is 30.7 Å². The van der Waals surface area contributed by atoms with Gasteiger partial charge in [-0.3, -0.25) is 4.99 Å². The highest BCUT2D eigenvalue weighted by molar-refractivity contribution is 5.78. The smallest absolute Gasteiger partial charge is 0.227 e. The molecule has 1 aliphatic rings. The van der Waals surface area contributed by atoms with E-state index in [4.69, 9.17) is 15.0 Å². The average molecular weight is 333 g/mol. The van der Waals surface area contributed by atoms with E-state index in [2.05, 4.69) is 15.1 Å². The van der Waals surface area contributed by atoms with Crippen molar-refractivity contribution < 1.29 is 13.7 Å². The Morgan fingerprint density at radius 2 is 2.00 bits per heavy atom. The lowest BCUT2D eigenvalue weighted by atomic mass is 10.2. The van der Waals surface area contributed by atoms with Crippen LogP contribution in [-0.2, 0) is 11.2 Å². The molecule has 0 saturated carbocycles. The van der Waals surface area contributed by atoms with Gasteiger partial charge in [0.25, 0.3) is 0 Å². The summed E-state index contributed by atoms with van der Waals surface area (Å²) in [5, 5.41) is 3.91. The summed E-state index contributed by atoms with van der Waals surface area (Å²) < 4.78 is 23.4. The van der Waals surface area contributed by atoms with Crippen molar-refractivity contribution in [1.29, 1.82) is 0 Å². The number of hydrogen-bond acceptors (Lipinski definition) is 5. The number of nitrogens with two attached hydrogens (primary N) is 1. The van der Waals surface area contributed by atoms with Crippen molar-refractivity contribution >= 4 is 5.96 Å². The zero-order chi connectivity index (χ0) is 16.8. The number of nitrogens with zero attached hydrogens (tertiary/aromatic N) is 4. The summed E-state index contributed by atoms with van der Waals surface area (Å²) in [5.74, 6) is 1.25. The maximum Gasteiger partial charge on any atom is 0.227 e. The van der Waals surface area contributed by atoms with Crippen LogP contribution in [-0.4, -0.2) is 53.8 Å². The highest BCUT2D eigenvalue weighted by atomic mass is 19.1. The predicted molar refractivity (Wildman–Crippen MR) is 86.9 cm³/mol. The fourth-order valence-electron chi connectivity index (χ4n) is 2.39. The lowest BCUT2D eigenvalue weighted by Gasteiger charge is -2.27. The van der Waals surface area contributed by atoms with E-state index >= 15 is 0 Å². The molecule has 24 heavy (non-hydrogen) atoms. The fraction of sp³-hybridized carbons (Fsp3) is 0.438. The number of ether oxygens (including phenoxy) is 1. The summed E-state index contributed by atoms with van der Waals surface area (Å²) in [4.78, 5) is 10.7. The van der Waals surface area contributed by atoms with Gasteiger partial charge in [0, 0.05) is 31.6 Å². The number of aliphatic imine (C=N–C) groups is 1. The molecule has 2 N–H and O–H groups in total. The molecule has 128 valence electrons. The zero-order valence-electron chi connectivity index (χ0n) is 13.3. The molecule has 0 amide bonds. The van der Waals surface area contributed by atoms with Crippen LogP contribution in [0.5, 0.6) is 0 Å². The van der Waals surface area contributed by atoms with Crippen LogP contribution >= 0.6 is 0 Å². The summed E-state index contributed by atoms with van der Waals surface area (Å²) in [7, 11) is 0. The van der Waals surface area contributed by atoms with E-state index in [1.807, 2.05) is 4.90 Å².